The van der Waals surface area contributed by atoms with Gasteiger partial charge >= 0.3 is 5.97 Å². The Hall–Kier alpha value is -2.92. The summed E-state index contributed by atoms with van der Waals surface area (Å²) in [5.74, 6) is -5.96. The normalized spacial score (nSPS) is 41.5. The van der Waals surface area contributed by atoms with Gasteiger partial charge in [0.05, 0.1) is 58.9 Å². The van der Waals surface area contributed by atoms with E-state index < -0.39 is 108 Å². The van der Waals surface area contributed by atoms with Gasteiger partial charge in [-0.2, -0.15) is 0 Å². The minimum Gasteiger partial charge on any atom is -0.459 e. The van der Waals surface area contributed by atoms with Crippen LogP contribution in [-0.2, 0) is 49.2 Å². The summed E-state index contributed by atoms with van der Waals surface area (Å²) in [6, 6.07) is 5.00. The highest BCUT2D eigenvalue weighted by Crippen LogP contribution is 2.41. The molecule has 0 bridgehead atoms. The van der Waals surface area contributed by atoms with Crippen molar-refractivity contribution >= 4 is 29.0 Å². The van der Waals surface area contributed by atoms with Crippen molar-refractivity contribution < 1.29 is 72.9 Å². The topological polar surface area (TPSA) is 249 Å². The zero-order valence-electron chi connectivity index (χ0n) is 39.8. The van der Waals surface area contributed by atoms with Gasteiger partial charge in [-0.05, 0) is 80.6 Å². The molecule has 6 N–H and O–H groups in total. The van der Waals surface area contributed by atoms with E-state index >= 15 is 0 Å². The number of esters is 1. The molecule has 3 aliphatic rings. The lowest BCUT2D eigenvalue weighted by Crippen LogP contribution is -2.61. The van der Waals surface area contributed by atoms with Gasteiger partial charge in [0.2, 0.25) is 5.91 Å². The summed E-state index contributed by atoms with van der Waals surface area (Å²) in [6.07, 6.45) is -9.64. The summed E-state index contributed by atoms with van der Waals surface area (Å²) in [6.45, 7) is 14.3. The Bertz CT molecular complexity index is 1880. The molecule has 0 spiro atoms. The first-order chi connectivity index (χ1) is 30.3. The summed E-state index contributed by atoms with van der Waals surface area (Å²) in [7, 11) is 5.13. The van der Waals surface area contributed by atoms with Crippen LogP contribution in [0, 0.1) is 23.7 Å². The van der Waals surface area contributed by atoms with E-state index in [-0.39, 0.29) is 50.3 Å². The number of methoxy groups -OCH3 is 1. The third kappa shape index (κ3) is 12.2. The highest BCUT2D eigenvalue weighted by Gasteiger charge is 2.53. The monoisotopic (exact) mass is 939 g/mol. The number of carbonyl (C=O) groups excluding carboxylic acids is 3. The SMILES string of the molecule is COC1(C)CC(O[C@H]2[C@H](C)[C@@H](OC3OC(C)CC(N(C)C)C3O)[C@](C)(O)C[C@@H](C)C(=O)[C@H](C)[C@@H](O)[C@](C)(O)[C@@H](CCNC(=O)Cc3ccc(-c4ccon4)s3)OC(=O)[C@@H]2C)OC(C)C1O. The number of amides is 1. The average molecular weight is 940 g/mol. The van der Waals surface area contributed by atoms with Gasteiger partial charge in [0.1, 0.15) is 41.7 Å². The molecule has 2 aromatic rings. The number of aliphatic hydroxyl groups is 5. The molecule has 1 amide bonds. The van der Waals surface area contributed by atoms with Crippen molar-refractivity contribution in [1.29, 1.82) is 0 Å². The molecule has 3 saturated heterocycles. The standard InChI is InChI=1S/C46H73N3O15S/c1-23-21-44(7,56)41(64-43-37(52)31(49(10)11)19-24(2)60-43)26(4)38(63-35-22-45(8,58-12)40(54)28(6)61-35)27(5)42(55)62-33(46(9,57)39(53)25(3)36(23)51)15-17-47-34(50)20-29-13-14-32(65-29)30-16-18-59-48-30/h13-14,16,18,23-28,31,33,35,37-41,43,52-54,56-57H,15,17,19-22H2,1-12H3,(H,47,50)/t23-,24?,25+,26+,27-,28?,31?,33-,35?,37?,38+,39-,40?,41-,43?,44-,45?,46-/m1/s1. The summed E-state index contributed by atoms with van der Waals surface area (Å²) < 4.78 is 42.6. The number of cyclic esters (lactones) is 1. The van der Waals surface area contributed by atoms with Crippen LogP contribution in [-0.4, -0.2) is 165 Å². The van der Waals surface area contributed by atoms with E-state index in [1.54, 1.807) is 40.7 Å². The molecule has 8 unspecified atom stereocenters. The predicted octanol–water partition coefficient (Wildman–Crippen LogP) is 2.84. The van der Waals surface area contributed by atoms with Crippen molar-refractivity contribution in [1.82, 2.24) is 15.4 Å². The molecule has 0 aliphatic carbocycles. The second-order valence-corrected chi connectivity index (χ2v) is 20.7. The number of nitrogens with one attached hydrogen (secondary N) is 1. The highest BCUT2D eigenvalue weighted by molar-refractivity contribution is 7.15. The molecule has 0 radical (unpaired) electrons. The molecular weight excluding hydrogens is 867 g/mol. The van der Waals surface area contributed by atoms with Crippen molar-refractivity contribution in [2.75, 3.05) is 27.7 Å². The van der Waals surface area contributed by atoms with E-state index in [0.29, 0.717) is 12.1 Å². The van der Waals surface area contributed by atoms with Gasteiger partial charge in [-0.25, -0.2) is 0 Å². The zero-order valence-corrected chi connectivity index (χ0v) is 40.7. The van der Waals surface area contributed by atoms with Crippen LogP contribution < -0.4 is 5.32 Å². The van der Waals surface area contributed by atoms with E-state index in [1.165, 1.54) is 45.5 Å². The minimum atomic E-state index is -2.22. The van der Waals surface area contributed by atoms with Crippen molar-refractivity contribution in [3.63, 3.8) is 0 Å². The molecule has 5 rings (SSSR count). The number of hydrogen-bond acceptors (Lipinski definition) is 18. The van der Waals surface area contributed by atoms with E-state index in [0.717, 1.165) is 9.75 Å². The van der Waals surface area contributed by atoms with E-state index in [1.807, 2.05) is 38.1 Å². The van der Waals surface area contributed by atoms with Crippen molar-refractivity contribution in [3.8, 4) is 10.6 Å². The van der Waals surface area contributed by atoms with Crippen molar-refractivity contribution in [2.24, 2.45) is 23.7 Å². The Morgan fingerprint density at radius 2 is 1.65 bits per heavy atom. The molecular formula is C46H73N3O15S. The van der Waals surface area contributed by atoms with Gasteiger partial charge in [-0.3, -0.25) is 14.4 Å². The molecule has 0 saturated carbocycles. The zero-order chi connectivity index (χ0) is 48.3. The summed E-state index contributed by atoms with van der Waals surface area (Å²) >= 11 is 1.38. The molecule has 18 nitrogen and oxygen atoms in total. The number of hydrogen-bond donors (Lipinski definition) is 6. The molecule has 19 heteroatoms. The van der Waals surface area contributed by atoms with E-state index in [9.17, 15) is 39.9 Å². The third-order valence-electron chi connectivity index (χ3n) is 13.9. The van der Waals surface area contributed by atoms with Crippen LogP contribution in [0.5, 0.6) is 0 Å². The second-order valence-electron chi connectivity index (χ2n) is 19.5. The number of rotatable bonds is 12. The number of nitrogens with zero attached hydrogens (tertiary/aromatic N) is 2. The fraction of sp³-hybridized carbons (Fsp3) is 0.783. The number of ether oxygens (including phenoxy) is 6. The number of aliphatic hydroxyl groups excluding tert-OH is 3. The maximum atomic E-state index is 14.7. The Kier molecular flexibility index (Phi) is 17.6. The van der Waals surface area contributed by atoms with Crippen LogP contribution in [0.15, 0.2) is 29.0 Å². The minimum absolute atomic E-state index is 0.0358. The first-order valence-electron chi connectivity index (χ1n) is 22.6. The number of carbonyl (C=O) groups is 3. The number of aromatic nitrogens is 1. The molecule has 3 fully saturated rings. The van der Waals surface area contributed by atoms with Crippen LogP contribution in [0.4, 0.5) is 0 Å². The smallest absolute Gasteiger partial charge is 0.311 e. The van der Waals surface area contributed by atoms with Gasteiger partial charge in [-0.1, -0.05) is 25.9 Å². The van der Waals surface area contributed by atoms with Gasteiger partial charge in [0.25, 0.3) is 0 Å². The quantitative estimate of drug-likeness (QED) is 0.168. The Balaban J connectivity index is 1.50. The lowest BCUT2D eigenvalue weighted by molar-refractivity contribution is -0.318. The number of ketones is 1. The largest absolute Gasteiger partial charge is 0.459 e. The maximum absolute atomic E-state index is 14.7. The summed E-state index contributed by atoms with van der Waals surface area (Å²) in [4.78, 5) is 45.5. The van der Waals surface area contributed by atoms with Crippen molar-refractivity contribution in [2.45, 2.75) is 179 Å². The summed E-state index contributed by atoms with van der Waals surface area (Å²) in [5, 5.41) is 65.9. The number of likely N-dealkylation sites (N-methyl/N-ethyl adjacent to an activating group) is 1. The first-order valence-corrected chi connectivity index (χ1v) is 23.5. The maximum Gasteiger partial charge on any atom is 0.311 e. The second kappa shape index (κ2) is 21.6. The fourth-order valence-corrected chi connectivity index (χ4v) is 10.7. The lowest BCUT2D eigenvalue weighted by atomic mass is 9.74. The molecule has 3 aliphatic heterocycles. The summed E-state index contributed by atoms with van der Waals surface area (Å²) in [5.41, 5.74) is -4.56. The molecule has 0 aromatic carbocycles. The number of thiophene rings is 1. The van der Waals surface area contributed by atoms with Crippen LogP contribution in [0.25, 0.3) is 10.6 Å². The van der Waals surface area contributed by atoms with E-state index in [4.69, 9.17) is 32.9 Å². The number of Topliss-reactive ketones (excluding diaryl/α,β-unsaturated/α-hetero) is 1. The Morgan fingerprint density at radius 3 is 2.28 bits per heavy atom. The van der Waals surface area contributed by atoms with Gasteiger partial charge in [0, 0.05) is 61.2 Å². The van der Waals surface area contributed by atoms with E-state index in [2.05, 4.69) is 10.5 Å². The first kappa shape index (κ1) is 53.0. The van der Waals surface area contributed by atoms with Crippen LogP contribution in [0.1, 0.15) is 92.9 Å². The van der Waals surface area contributed by atoms with Gasteiger partial charge < -0.3 is 68.7 Å². The predicted molar refractivity (Wildman–Crippen MR) is 237 cm³/mol. The average Bonchev–Trinajstić information content (AvgIpc) is 3.95. The molecule has 2 aromatic heterocycles. The highest BCUT2D eigenvalue weighted by atomic mass is 32.1. The van der Waals surface area contributed by atoms with Crippen LogP contribution in [0.3, 0.4) is 0 Å². The van der Waals surface area contributed by atoms with Crippen LogP contribution in [0.2, 0.25) is 0 Å². The van der Waals surface area contributed by atoms with Gasteiger partial charge in [0.15, 0.2) is 12.6 Å². The molecule has 368 valence electrons. The molecule has 65 heavy (non-hydrogen) atoms. The Labute approximate surface area is 386 Å². The lowest BCUT2D eigenvalue weighted by Gasteiger charge is -2.49. The Morgan fingerprint density at radius 1 is 0.954 bits per heavy atom. The van der Waals surface area contributed by atoms with Crippen molar-refractivity contribution in [3.05, 3.63) is 29.3 Å². The third-order valence-corrected chi connectivity index (χ3v) is 15.0. The molecule has 18 atom stereocenters. The molecule has 5 heterocycles. The van der Waals surface area contributed by atoms with Gasteiger partial charge in [-0.15, -0.1) is 11.3 Å². The fourth-order valence-electron chi connectivity index (χ4n) is 9.78. The van der Waals surface area contributed by atoms with Crippen LogP contribution >= 0.6 is 11.3 Å².